The Bertz CT molecular complexity index is 273. The summed E-state index contributed by atoms with van der Waals surface area (Å²) in [5, 5.41) is 2.11. The quantitative estimate of drug-likeness (QED) is 0.640. The lowest BCUT2D eigenvalue weighted by Gasteiger charge is -2.23. The Morgan fingerprint density at radius 1 is 1.20 bits per heavy atom. The van der Waals surface area contributed by atoms with Crippen molar-refractivity contribution in [1.29, 1.82) is 0 Å². The number of nitrogens with zero attached hydrogens (tertiary/aromatic N) is 2. The fourth-order valence-corrected chi connectivity index (χ4v) is 1.56. The summed E-state index contributed by atoms with van der Waals surface area (Å²) in [5.41, 5.74) is 0. The standard InChI is InChI=1S/C12H24F3N3O2/c1-17(2)5-4-6-18(7-8-20-3)11(19)9-16-10-12(13,14)15/h16H,4-10H2,1-3H3. The van der Waals surface area contributed by atoms with Gasteiger partial charge in [0, 0.05) is 20.2 Å². The first-order valence-electron chi connectivity index (χ1n) is 6.45. The van der Waals surface area contributed by atoms with Crippen LogP contribution in [0, 0.1) is 0 Å². The molecule has 0 unspecified atom stereocenters. The highest BCUT2D eigenvalue weighted by Crippen LogP contribution is 2.11. The monoisotopic (exact) mass is 299 g/mol. The van der Waals surface area contributed by atoms with E-state index in [9.17, 15) is 18.0 Å². The Balaban J connectivity index is 4.12. The number of carbonyl (C=O) groups is 1. The van der Waals surface area contributed by atoms with Crippen LogP contribution in [-0.4, -0.2) is 82.4 Å². The summed E-state index contributed by atoms with van der Waals surface area (Å²) < 4.78 is 40.9. The third-order valence-corrected chi connectivity index (χ3v) is 2.55. The van der Waals surface area contributed by atoms with Crippen molar-refractivity contribution in [1.82, 2.24) is 15.1 Å². The van der Waals surface area contributed by atoms with Crippen molar-refractivity contribution in [3.63, 3.8) is 0 Å². The molecule has 0 aliphatic carbocycles. The summed E-state index contributed by atoms with van der Waals surface area (Å²) in [6.07, 6.45) is -3.54. The molecule has 0 saturated heterocycles. The lowest BCUT2D eigenvalue weighted by atomic mass is 10.3. The van der Waals surface area contributed by atoms with Crippen LogP contribution in [0.15, 0.2) is 0 Å². The van der Waals surface area contributed by atoms with Crippen molar-refractivity contribution in [2.45, 2.75) is 12.6 Å². The van der Waals surface area contributed by atoms with E-state index in [2.05, 4.69) is 5.32 Å². The second-order valence-corrected chi connectivity index (χ2v) is 4.75. The maximum Gasteiger partial charge on any atom is 0.401 e. The maximum absolute atomic E-state index is 12.0. The zero-order chi connectivity index (χ0) is 15.6. The molecule has 0 aromatic carbocycles. The average Bonchev–Trinajstić information content (AvgIpc) is 2.31. The fourth-order valence-electron chi connectivity index (χ4n) is 1.56. The number of hydrogen-bond acceptors (Lipinski definition) is 4. The summed E-state index contributed by atoms with van der Waals surface area (Å²) in [6.45, 7) is 0.601. The number of alkyl halides is 3. The number of ether oxygens (including phenoxy) is 1. The summed E-state index contributed by atoms with van der Waals surface area (Å²) in [6, 6.07) is 0. The Hall–Kier alpha value is -0.860. The van der Waals surface area contributed by atoms with E-state index in [1.165, 1.54) is 12.0 Å². The van der Waals surface area contributed by atoms with Crippen LogP contribution in [0.25, 0.3) is 0 Å². The molecule has 0 saturated carbocycles. The molecule has 0 aromatic heterocycles. The topological polar surface area (TPSA) is 44.8 Å². The van der Waals surface area contributed by atoms with E-state index < -0.39 is 12.7 Å². The van der Waals surface area contributed by atoms with Crippen LogP contribution in [-0.2, 0) is 9.53 Å². The zero-order valence-electron chi connectivity index (χ0n) is 12.3. The van der Waals surface area contributed by atoms with Crippen LogP contribution in [0.5, 0.6) is 0 Å². The van der Waals surface area contributed by atoms with Gasteiger partial charge in [-0.3, -0.25) is 4.79 Å². The molecule has 0 fully saturated rings. The minimum Gasteiger partial charge on any atom is -0.383 e. The Labute approximate surface area is 118 Å². The van der Waals surface area contributed by atoms with E-state index in [1.807, 2.05) is 19.0 Å². The first-order chi connectivity index (χ1) is 9.26. The molecule has 5 nitrogen and oxygen atoms in total. The van der Waals surface area contributed by atoms with Gasteiger partial charge in [-0.2, -0.15) is 13.2 Å². The summed E-state index contributed by atoms with van der Waals surface area (Å²) in [7, 11) is 5.36. The highest BCUT2D eigenvalue weighted by Gasteiger charge is 2.27. The minimum absolute atomic E-state index is 0.314. The van der Waals surface area contributed by atoms with Gasteiger partial charge in [-0.05, 0) is 27.1 Å². The van der Waals surface area contributed by atoms with Gasteiger partial charge in [0.1, 0.15) is 0 Å². The molecule has 8 heteroatoms. The van der Waals surface area contributed by atoms with E-state index >= 15 is 0 Å². The lowest BCUT2D eigenvalue weighted by Crippen LogP contribution is -2.43. The highest BCUT2D eigenvalue weighted by atomic mass is 19.4. The Morgan fingerprint density at radius 3 is 2.35 bits per heavy atom. The largest absolute Gasteiger partial charge is 0.401 e. The van der Waals surface area contributed by atoms with Crippen LogP contribution in [0.4, 0.5) is 13.2 Å². The van der Waals surface area contributed by atoms with Crippen molar-refractivity contribution >= 4 is 5.91 Å². The molecule has 0 aromatic rings. The van der Waals surface area contributed by atoms with Crippen LogP contribution < -0.4 is 5.32 Å². The molecule has 1 amide bonds. The van der Waals surface area contributed by atoms with Crippen molar-refractivity contribution in [2.24, 2.45) is 0 Å². The summed E-state index contributed by atoms with van der Waals surface area (Å²) in [5.74, 6) is -0.343. The molecular formula is C12H24F3N3O2. The van der Waals surface area contributed by atoms with Crippen LogP contribution in [0.2, 0.25) is 0 Å². The van der Waals surface area contributed by atoms with Gasteiger partial charge < -0.3 is 19.9 Å². The van der Waals surface area contributed by atoms with Crippen LogP contribution in [0.1, 0.15) is 6.42 Å². The summed E-state index contributed by atoms with van der Waals surface area (Å²) in [4.78, 5) is 15.3. The van der Waals surface area contributed by atoms with E-state index in [1.54, 1.807) is 0 Å². The predicted octanol–water partition coefficient (Wildman–Crippen LogP) is 0.565. The SMILES string of the molecule is COCCN(CCCN(C)C)C(=O)CNCC(F)(F)F. The van der Waals surface area contributed by atoms with E-state index in [-0.39, 0.29) is 12.5 Å². The van der Waals surface area contributed by atoms with Crippen molar-refractivity contribution in [2.75, 3.05) is 60.5 Å². The van der Waals surface area contributed by atoms with Crippen LogP contribution in [0.3, 0.4) is 0 Å². The van der Waals surface area contributed by atoms with Gasteiger partial charge in [0.15, 0.2) is 0 Å². The third kappa shape index (κ3) is 11.0. The Kier molecular flexibility index (Phi) is 9.52. The van der Waals surface area contributed by atoms with E-state index in [0.717, 1.165) is 13.0 Å². The van der Waals surface area contributed by atoms with E-state index in [0.29, 0.717) is 19.7 Å². The number of amides is 1. The number of carbonyl (C=O) groups excluding carboxylic acids is 1. The molecule has 0 bridgehead atoms. The van der Waals surface area contributed by atoms with Crippen molar-refractivity contribution in [3.05, 3.63) is 0 Å². The fraction of sp³-hybridized carbons (Fsp3) is 0.917. The average molecular weight is 299 g/mol. The number of rotatable bonds is 10. The zero-order valence-corrected chi connectivity index (χ0v) is 12.3. The number of methoxy groups -OCH3 is 1. The first kappa shape index (κ1) is 19.1. The smallest absolute Gasteiger partial charge is 0.383 e. The van der Waals surface area contributed by atoms with Gasteiger partial charge in [-0.15, -0.1) is 0 Å². The molecule has 0 radical (unpaired) electrons. The molecule has 0 aliphatic heterocycles. The number of hydrogen-bond donors (Lipinski definition) is 1. The molecular weight excluding hydrogens is 275 g/mol. The predicted molar refractivity (Wildman–Crippen MR) is 70.6 cm³/mol. The van der Waals surface area contributed by atoms with Gasteiger partial charge in [-0.25, -0.2) is 0 Å². The third-order valence-electron chi connectivity index (χ3n) is 2.55. The number of nitrogens with one attached hydrogen (secondary N) is 1. The van der Waals surface area contributed by atoms with Gasteiger partial charge >= 0.3 is 6.18 Å². The molecule has 0 rings (SSSR count). The molecule has 0 atom stereocenters. The van der Waals surface area contributed by atoms with Crippen LogP contribution >= 0.6 is 0 Å². The van der Waals surface area contributed by atoms with Gasteiger partial charge in [0.2, 0.25) is 5.91 Å². The molecule has 0 aliphatic rings. The highest BCUT2D eigenvalue weighted by molar-refractivity contribution is 5.78. The molecule has 0 spiro atoms. The summed E-state index contributed by atoms with van der Waals surface area (Å²) >= 11 is 0. The normalized spacial score (nSPS) is 11.9. The second-order valence-electron chi connectivity index (χ2n) is 4.75. The van der Waals surface area contributed by atoms with Gasteiger partial charge in [0.25, 0.3) is 0 Å². The molecule has 20 heavy (non-hydrogen) atoms. The van der Waals surface area contributed by atoms with Gasteiger partial charge in [-0.1, -0.05) is 0 Å². The lowest BCUT2D eigenvalue weighted by molar-refractivity contribution is -0.134. The van der Waals surface area contributed by atoms with Gasteiger partial charge in [0.05, 0.1) is 19.7 Å². The van der Waals surface area contributed by atoms with Crippen molar-refractivity contribution < 1.29 is 22.7 Å². The van der Waals surface area contributed by atoms with E-state index in [4.69, 9.17) is 4.74 Å². The maximum atomic E-state index is 12.0. The second kappa shape index (κ2) is 9.95. The number of halogens is 3. The van der Waals surface area contributed by atoms with Crippen molar-refractivity contribution in [3.8, 4) is 0 Å². The minimum atomic E-state index is -4.30. The molecule has 0 heterocycles. The molecule has 1 N–H and O–H groups in total. The molecule has 120 valence electrons. The Morgan fingerprint density at radius 2 is 1.85 bits per heavy atom. The first-order valence-corrected chi connectivity index (χ1v) is 6.45.